The van der Waals surface area contributed by atoms with E-state index in [9.17, 15) is 9.59 Å². The summed E-state index contributed by atoms with van der Waals surface area (Å²) in [5, 5.41) is 0. The average Bonchev–Trinajstić information content (AvgIpc) is 2.56. The molecule has 0 aliphatic rings. The fourth-order valence-corrected chi connectivity index (χ4v) is 1.50. The molecule has 0 saturated heterocycles. The Morgan fingerprint density at radius 3 is 2.94 bits per heavy atom. The van der Waals surface area contributed by atoms with Gasteiger partial charge in [-0.25, -0.2) is 4.79 Å². The van der Waals surface area contributed by atoms with Crippen LogP contribution in [-0.4, -0.2) is 17.1 Å². The Hall–Kier alpha value is -2.04. The van der Waals surface area contributed by atoms with Crippen molar-refractivity contribution < 1.29 is 13.9 Å². The highest BCUT2D eigenvalue weighted by molar-refractivity contribution is 5.76. The lowest BCUT2D eigenvalue weighted by Gasteiger charge is -2.01. The number of nitrogens with zero attached hydrogens (tertiary/aromatic N) is 1. The van der Waals surface area contributed by atoms with Gasteiger partial charge in [-0.3, -0.25) is 9.36 Å². The lowest BCUT2D eigenvalue weighted by molar-refractivity contribution is -0.143. The second-order valence-corrected chi connectivity index (χ2v) is 3.23. The van der Waals surface area contributed by atoms with Gasteiger partial charge in [-0.1, -0.05) is 12.1 Å². The van der Waals surface area contributed by atoms with Crippen LogP contribution in [0, 0.1) is 0 Å². The minimum atomic E-state index is -0.547. The second kappa shape index (κ2) is 4.22. The molecule has 84 valence electrons. The van der Waals surface area contributed by atoms with Crippen molar-refractivity contribution in [3.05, 3.63) is 34.8 Å². The van der Waals surface area contributed by atoms with Gasteiger partial charge in [0.2, 0.25) is 0 Å². The van der Waals surface area contributed by atoms with Crippen LogP contribution in [0.25, 0.3) is 11.1 Å². The number of carbonyl (C=O) groups is 1. The van der Waals surface area contributed by atoms with E-state index < -0.39 is 11.7 Å². The van der Waals surface area contributed by atoms with Crippen molar-refractivity contribution in [2.24, 2.45) is 0 Å². The fourth-order valence-electron chi connectivity index (χ4n) is 1.50. The molecule has 0 N–H and O–H groups in total. The van der Waals surface area contributed by atoms with Crippen molar-refractivity contribution in [2.75, 3.05) is 6.61 Å². The van der Waals surface area contributed by atoms with Crippen molar-refractivity contribution in [1.82, 2.24) is 4.57 Å². The number of hydrogen-bond donors (Lipinski definition) is 0. The van der Waals surface area contributed by atoms with E-state index in [0.717, 1.165) is 0 Å². The molecule has 2 aromatic rings. The molecule has 5 heteroatoms. The first kappa shape index (κ1) is 10.5. The monoisotopic (exact) mass is 221 g/mol. The third-order valence-corrected chi connectivity index (χ3v) is 2.17. The molecule has 0 atom stereocenters. The van der Waals surface area contributed by atoms with Crippen LogP contribution in [0.2, 0.25) is 0 Å². The molecule has 5 nitrogen and oxygen atoms in total. The van der Waals surface area contributed by atoms with Gasteiger partial charge in [0.25, 0.3) is 0 Å². The molecule has 1 aromatic heterocycles. The largest absolute Gasteiger partial charge is 0.465 e. The van der Waals surface area contributed by atoms with Gasteiger partial charge in [-0.15, -0.1) is 0 Å². The number of carbonyl (C=O) groups excluding carboxylic acids is 1. The van der Waals surface area contributed by atoms with Crippen LogP contribution in [-0.2, 0) is 16.1 Å². The SMILES string of the molecule is CCOC(=O)Cn1c(=O)oc2ccccc21. The zero-order valence-corrected chi connectivity index (χ0v) is 8.80. The highest BCUT2D eigenvalue weighted by Crippen LogP contribution is 2.11. The molecule has 0 spiro atoms. The number of hydrogen-bond acceptors (Lipinski definition) is 4. The summed E-state index contributed by atoms with van der Waals surface area (Å²) in [4.78, 5) is 22.7. The third-order valence-electron chi connectivity index (χ3n) is 2.17. The predicted molar refractivity (Wildman–Crippen MR) is 57.1 cm³/mol. The molecule has 1 aromatic carbocycles. The van der Waals surface area contributed by atoms with Crippen LogP contribution >= 0.6 is 0 Å². The summed E-state index contributed by atoms with van der Waals surface area (Å²) in [6.07, 6.45) is 0. The van der Waals surface area contributed by atoms with Gasteiger partial charge in [0, 0.05) is 0 Å². The smallest absolute Gasteiger partial charge is 0.420 e. The summed E-state index contributed by atoms with van der Waals surface area (Å²) in [6, 6.07) is 6.94. The minimum absolute atomic E-state index is 0.121. The minimum Gasteiger partial charge on any atom is -0.465 e. The molecule has 0 aliphatic carbocycles. The van der Waals surface area contributed by atoms with Gasteiger partial charge in [0.05, 0.1) is 12.1 Å². The Kier molecular flexibility index (Phi) is 2.76. The second-order valence-electron chi connectivity index (χ2n) is 3.23. The lowest BCUT2D eigenvalue weighted by Crippen LogP contribution is -2.21. The van der Waals surface area contributed by atoms with Gasteiger partial charge >= 0.3 is 11.7 Å². The number of esters is 1. The number of para-hydroxylation sites is 2. The van der Waals surface area contributed by atoms with Crippen molar-refractivity contribution in [3.63, 3.8) is 0 Å². The summed E-state index contributed by atoms with van der Waals surface area (Å²) in [6.45, 7) is 1.89. The molecule has 16 heavy (non-hydrogen) atoms. The number of ether oxygens (including phenoxy) is 1. The van der Waals surface area contributed by atoms with Crippen LogP contribution in [0.5, 0.6) is 0 Å². The summed E-state index contributed by atoms with van der Waals surface area (Å²) in [5.74, 6) is -0.995. The Morgan fingerprint density at radius 1 is 1.44 bits per heavy atom. The normalized spacial score (nSPS) is 10.6. The molecule has 0 bridgehead atoms. The summed E-state index contributed by atoms with van der Waals surface area (Å²) in [5.41, 5.74) is 1.07. The Bertz CT molecular complexity index is 567. The maximum atomic E-state index is 11.5. The van der Waals surface area contributed by atoms with Crippen LogP contribution in [0.1, 0.15) is 6.92 Å². The van der Waals surface area contributed by atoms with E-state index in [1.807, 2.05) is 0 Å². The van der Waals surface area contributed by atoms with Crippen molar-refractivity contribution in [3.8, 4) is 0 Å². The summed E-state index contributed by atoms with van der Waals surface area (Å²) < 4.78 is 11.0. The first-order chi connectivity index (χ1) is 7.72. The molecule has 1 heterocycles. The van der Waals surface area contributed by atoms with Crippen molar-refractivity contribution in [2.45, 2.75) is 13.5 Å². The zero-order chi connectivity index (χ0) is 11.5. The van der Waals surface area contributed by atoms with Crippen LogP contribution in [0.15, 0.2) is 33.5 Å². The average molecular weight is 221 g/mol. The van der Waals surface area contributed by atoms with Gasteiger partial charge < -0.3 is 9.15 Å². The highest BCUT2D eigenvalue weighted by atomic mass is 16.5. The number of fused-ring (bicyclic) bond motifs is 1. The first-order valence-corrected chi connectivity index (χ1v) is 4.96. The Morgan fingerprint density at radius 2 is 2.19 bits per heavy atom. The molecular weight excluding hydrogens is 210 g/mol. The van der Waals surface area contributed by atoms with E-state index in [1.54, 1.807) is 31.2 Å². The zero-order valence-electron chi connectivity index (χ0n) is 8.80. The molecule has 0 amide bonds. The molecule has 0 unspecified atom stereocenters. The van der Waals surface area contributed by atoms with Crippen LogP contribution < -0.4 is 5.76 Å². The quantitative estimate of drug-likeness (QED) is 0.729. The first-order valence-electron chi connectivity index (χ1n) is 4.96. The number of rotatable bonds is 3. The fraction of sp³-hybridized carbons (Fsp3) is 0.273. The molecule has 0 radical (unpaired) electrons. The molecule has 0 aliphatic heterocycles. The van der Waals surface area contributed by atoms with Gasteiger partial charge in [-0.05, 0) is 19.1 Å². The maximum Gasteiger partial charge on any atom is 0.420 e. The Balaban J connectivity index is 2.40. The van der Waals surface area contributed by atoms with Gasteiger partial charge in [0.15, 0.2) is 5.58 Å². The van der Waals surface area contributed by atoms with Crippen molar-refractivity contribution in [1.29, 1.82) is 0 Å². The van der Waals surface area contributed by atoms with Crippen molar-refractivity contribution >= 4 is 17.1 Å². The van der Waals surface area contributed by atoms with E-state index in [1.165, 1.54) is 4.57 Å². The van der Waals surface area contributed by atoms with E-state index in [-0.39, 0.29) is 6.54 Å². The maximum absolute atomic E-state index is 11.5. The molecule has 0 fully saturated rings. The number of oxazole rings is 1. The topological polar surface area (TPSA) is 61.4 Å². The lowest BCUT2D eigenvalue weighted by atomic mass is 10.3. The van der Waals surface area contributed by atoms with E-state index in [2.05, 4.69) is 0 Å². The van der Waals surface area contributed by atoms with E-state index in [0.29, 0.717) is 17.7 Å². The number of aromatic nitrogens is 1. The summed E-state index contributed by atoms with van der Waals surface area (Å²) in [7, 11) is 0. The Labute approximate surface area is 91.2 Å². The van der Waals surface area contributed by atoms with E-state index in [4.69, 9.17) is 9.15 Å². The van der Waals surface area contributed by atoms with Gasteiger partial charge in [0.1, 0.15) is 6.54 Å². The molecular formula is C11H11NO4. The van der Waals surface area contributed by atoms with E-state index >= 15 is 0 Å². The standard InChI is InChI=1S/C11H11NO4/c1-2-15-10(13)7-12-8-5-3-4-6-9(8)16-11(12)14/h3-6H,2,7H2,1H3. The highest BCUT2D eigenvalue weighted by Gasteiger charge is 2.12. The predicted octanol–water partition coefficient (Wildman–Crippen LogP) is 1.16. The third kappa shape index (κ3) is 1.84. The molecule has 0 saturated carbocycles. The van der Waals surface area contributed by atoms with Crippen LogP contribution in [0.4, 0.5) is 0 Å². The van der Waals surface area contributed by atoms with Crippen LogP contribution in [0.3, 0.4) is 0 Å². The molecule has 2 rings (SSSR count). The number of benzene rings is 1. The van der Waals surface area contributed by atoms with Gasteiger partial charge in [-0.2, -0.15) is 0 Å². The summed E-state index contributed by atoms with van der Waals surface area (Å²) >= 11 is 0.